The van der Waals surface area contributed by atoms with Gasteiger partial charge in [-0.05, 0) is 108 Å². The molecular weight excluding hydrogens is 778 g/mol. The van der Waals surface area contributed by atoms with E-state index in [9.17, 15) is 0 Å². The van der Waals surface area contributed by atoms with Gasteiger partial charge in [-0.25, -0.2) is 0 Å². The lowest BCUT2D eigenvalue weighted by Gasteiger charge is -2.57. The molecule has 39 heavy (non-hydrogen) atoms. The third-order valence-electron chi connectivity index (χ3n) is 11.4. The number of halogens is 2. The maximum atomic E-state index is 5.46. The predicted molar refractivity (Wildman–Crippen MR) is 211 cm³/mol. The van der Waals surface area contributed by atoms with Crippen molar-refractivity contribution >= 4 is 95.7 Å². The Morgan fingerprint density at radius 3 is 1.69 bits per heavy atom. The van der Waals surface area contributed by atoms with Crippen molar-refractivity contribution in [3.8, 4) is 0 Å². The number of hydrogen-bond donors (Lipinski definition) is 4. The van der Waals surface area contributed by atoms with Crippen LogP contribution in [0.25, 0.3) is 0 Å². The average Bonchev–Trinajstić information content (AvgIpc) is 2.80. The summed E-state index contributed by atoms with van der Waals surface area (Å²) in [6.45, 7) is 29.0. The summed E-state index contributed by atoms with van der Waals surface area (Å²) in [6.07, 6.45) is 9.98. The van der Waals surface area contributed by atoms with E-state index in [2.05, 4.69) is 128 Å². The number of alkyl halides is 2. The van der Waals surface area contributed by atoms with E-state index in [0.717, 1.165) is 42.4 Å². The Morgan fingerprint density at radius 2 is 1.21 bits per heavy atom. The highest BCUT2D eigenvalue weighted by Gasteiger charge is 2.60. The van der Waals surface area contributed by atoms with Crippen LogP contribution in [0.4, 0.5) is 0 Å². The smallest absolute Gasteiger partial charge is 0.0487 e. The largest absolute Gasteiger partial charge is 0.173 e. The van der Waals surface area contributed by atoms with E-state index in [0.29, 0.717) is 11.8 Å². The van der Waals surface area contributed by atoms with Crippen molar-refractivity contribution in [3.63, 3.8) is 0 Å². The molecule has 0 aromatic heterocycles. The van der Waals surface area contributed by atoms with Gasteiger partial charge in [0.25, 0.3) is 0 Å². The lowest BCUT2D eigenvalue weighted by atomic mass is 9.70. The molecule has 0 spiro atoms. The van der Waals surface area contributed by atoms with Crippen LogP contribution in [-0.4, -0.2) is 26.3 Å². The summed E-state index contributed by atoms with van der Waals surface area (Å²) in [6, 6.07) is 0. The van der Waals surface area contributed by atoms with E-state index < -0.39 is 0 Å². The lowest BCUT2D eigenvalue weighted by molar-refractivity contribution is 0.194. The molecule has 0 aromatic carbocycles. The third kappa shape index (κ3) is 9.92. The molecule has 6 heteroatoms. The minimum absolute atomic E-state index is 0.0294. The molecule has 1 aliphatic rings. The van der Waals surface area contributed by atoms with Crippen LogP contribution in [-0.2, 0) is 0 Å². The first-order valence-electron chi connectivity index (χ1n) is 15.6. The van der Waals surface area contributed by atoms with E-state index in [1.807, 2.05) is 0 Å². The maximum absolute atomic E-state index is 5.46. The first kappa shape index (κ1) is 39.9. The Labute approximate surface area is 295 Å². The van der Waals surface area contributed by atoms with Crippen molar-refractivity contribution in [3.05, 3.63) is 0 Å². The predicted octanol–water partition coefficient (Wildman–Crippen LogP) is 12.3. The summed E-state index contributed by atoms with van der Waals surface area (Å²) >= 11 is 27.1. The van der Waals surface area contributed by atoms with Gasteiger partial charge in [0.2, 0.25) is 0 Å². The Kier molecular flexibility index (Phi) is 15.8. The Hall–Kier alpha value is 2.86. The van der Waals surface area contributed by atoms with E-state index in [4.69, 9.17) is 50.5 Å². The summed E-state index contributed by atoms with van der Waals surface area (Å²) < 4.78 is -1.08. The quantitative estimate of drug-likeness (QED) is 0.119. The van der Waals surface area contributed by atoms with Crippen molar-refractivity contribution in [2.24, 2.45) is 41.4 Å². The molecule has 0 N–H and O–H groups in total. The van der Waals surface area contributed by atoms with Crippen LogP contribution in [0.3, 0.4) is 0 Å². The second kappa shape index (κ2) is 15.4. The first-order chi connectivity index (χ1) is 17.4. The van der Waals surface area contributed by atoms with E-state index in [1.165, 1.54) is 38.5 Å². The van der Waals surface area contributed by atoms with Gasteiger partial charge in [0.05, 0.1) is 0 Å². The van der Waals surface area contributed by atoms with Gasteiger partial charge < -0.3 is 0 Å². The van der Waals surface area contributed by atoms with Gasteiger partial charge in [0.1, 0.15) is 0 Å². The molecule has 0 amide bonds. The Bertz CT molecular complexity index is 746. The zero-order valence-corrected chi connectivity index (χ0v) is 35.2. The fourth-order valence-corrected chi connectivity index (χ4v) is 10.8. The zero-order valence-electron chi connectivity index (χ0n) is 27.3. The van der Waals surface area contributed by atoms with E-state index in [-0.39, 0.29) is 26.3 Å². The number of rotatable bonds is 2. The molecule has 0 aliphatic heterocycles. The molecule has 0 heterocycles. The van der Waals surface area contributed by atoms with E-state index in [1.54, 1.807) is 0 Å². The lowest BCUT2D eigenvalue weighted by Crippen LogP contribution is -2.65. The van der Waals surface area contributed by atoms with Crippen LogP contribution < -0.4 is 0 Å². The van der Waals surface area contributed by atoms with Crippen LogP contribution in [0.2, 0.25) is 0 Å². The van der Waals surface area contributed by atoms with Gasteiger partial charge >= 0.3 is 0 Å². The van der Waals surface area contributed by atoms with Gasteiger partial charge in [0, 0.05) is 26.3 Å². The molecule has 1 rings (SSSR count). The Morgan fingerprint density at radius 1 is 0.718 bits per heavy atom. The van der Waals surface area contributed by atoms with E-state index >= 15 is 0 Å². The fraction of sp³-hybridized carbons (Fsp3) is 1.00. The normalized spacial score (nSPS) is 50.7. The third-order valence-corrected chi connectivity index (χ3v) is 20.5. The minimum atomic E-state index is -0.362. The molecule has 12 unspecified atom stereocenters. The molecule has 12 atom stereocenters. The van der Waals surface area contributed by atoms with Crippen molar-refractivity contribution in [1.82, 2.24) is 0 Å². The topological polar surface area (TPSA) is 0 Å². The van der Waals surface area contributed by atoms with Crippen LogP contribution in [0.15, 0.2) is 0 Å². The average molecular weight is 843 g/mol. The molecule has 1 fully saturated rings. The van der Waals surface area contributed by atoms with Gasteiger partial charge in [-0.2, -0.15) is 50.5 Å². The van der Waals surface area contributed by atoms with Crippen molar-refractivity contribution in [1.29, 1.82) is 0 Å². The SMILES string of the molecule is CC(C)CC1CCC(C)C(C)C(C)CCC(C)CCC(C)(S)C(C)(I)C(C)(S)C(S)C(C)(I)C(C)(S)CC1C. The van der Waals surface area contributed by atoms with Crippen molar-refractivity contribution < 1.29 is 0 Å². The molecular formula is C33H64I2S4. The first-order valence-corrected chi connectivity index (χ1v) is 19.7. The number of hydrogen-bond acceptors (Lipinski definition) is 4. The van der Waals surface area contributed by atoms with Crippen LogP contribution in [0.5, 0.6) is 0 Å². The number of thiol groups is 4. The van der Waals surface area contributed by atoms with Crippen LogP contribution in [0.1, 0.15) is 134 Å². The van der Waals surface area contributed by atoms with Gasteiger partial charge in [-0.1, -0.05) is 113 Å². The van der Waals surface area contributed by atoms with Gasteiger partial charge in [0.15, 0.2) is 0 Å². The van der Waals surface area contributed by atoms with Crippen LogP contribution in [0, 0.1) is 41.4 Å². The second-order valence-corrected chi connectivity index (χ2v) is 23.2. The second-order valence-electron chi connectivity index (χ2n) is 15.4. The summed E-state index contributed by atoms with van der Waals surface area (Å²) in [5.74, 6) is 5.07. The summed E-state index contributed by atoms with van der Waals surface area (Å²) in [5.41, 5.74) is 0. The highest BCUT2D eigenvalue weighted by Crippen LogP contribution is 2.58. The highest BCUT2D eigenvalue weighted by atomic mass is 127. The zero-order chi connectivity index (χ0) is 30.8. The van der Waals surface area contributed by atoms with Gasteiger partial charge in [-0.15, -0.1) is 0 Å². The summed E-state index contributed by atoms with van der Waals surface area (Å²) in [7, 11) is 0. The Balaban J connectivity index is 3.52. The molecule has 234 valence electrons. The summed E-state index contributed by atoms with van der Waals surface area (Å²) in [5, 5.41) is 0.0294. The molecule has 0 radical (unpaired) electrons. The van der Waals surface area contributed by atoms with Crippen LogP contribution >= 0.6 is 95.7 Å². The molecule has 0 bridgehead atoms. The molecule has 1 saturated carbocycles. The standard InChI is InChI=1S/C33H64I2S4/c1-21(2)19-27-16-15-24(5)26(7)23(4)14-13-22(3)17-18-29(8,37)33(12,35)32(11,39)28(36)31(10,34)30(9,38)20-25(27)6/h21-28,36-39H,13-20H2,1-12H3. The molecule has 0 saturated heterocycles. The molecule has 0 aromatic rings. The maximum Gasteiger partial charge on any atom is 0.0487 e. The van der Waals surface area contributed by atoms with Crippen molar-refractivity contribution in [2.45, 2.75) is 161 Å². The van der Waals surface area contributed by atoms with Crippen molar-refractivity contribution in [2.75, 3.05) is 0 Å². The molecule has 0 nitrogen and oxygen atoms in total. The van der Waals surface area contributed by atoms with Gasteiger partial charge in [-0.3, -0.25) is 0 Å². The molecule has 1 aliphatic carbocycles. The monoisotopic (exact) mass is 842 g/mol. The minimum Gasteiger partial charge on any atom is -0.173 e. The summed E-state index contributed by atoms with van der Waals surface area (Å²) in [4.78, 5) is 0. The highest BCUT2D eigenvalue weighted by molar-refractivity contribution is 14.1. The fourth-order valence-electron chi connectivity index (χ4n) is 6.88.